The third kappa shape index (κ3) is 3.94. The van der Waals surface area contributed by atoms with Gasteiger partial charge in [0.05, 0.1) is 5.52 Å². The second-order valence-corrected chi connectivity index (χ2v) is 8.86. The van der Waals surface area contributed by atoms with Crippen LogP contribution in [-0.4, -0.2) is 11.0 Å². The summed E-state index contributed by atoms with van der Waals surface area (Å²) < 4.78 is 1.18. The molecule has 0 spiro atoms. The lowest BCUT2D eigenvalue weighted by Crippen LogP contribution is -2.39. The topological polar surface area (TPSA) is 50.9 Å². The molecule has 31 heavy (non-hydrogen) atoms. The van der Waals surface area contributed by atoms with E-state index in [2.05, 4.69) is 80.9 Å². The van der Waals surface area contributed by atoms with Crippen molar-refractivity contribution in [3.63, 3.8) is 0 Å². The molecule has 5 aromatic rings. The van der Waals surface area contributed by atoms with Crippen LogP contribution in [0.25, 0.3) is 32.4 Å². The molecular weight excluding hydrogens is 446 g/mol. The number of aromatic nitrogens is 1. The molecule has 1 aliphatic carbocycles. The lowest BCUT2D eigenvalue weighted by molar-refractivity contribution is 0.472. The molecule has 1 aliphatic rings. The molecule has 4 aromatic carbocycles. The van der Waals surface area contributed by atoms with E-state index < -0.39 is 0 Å². The molecule has 1 aromatic heterocycles. The Bertz CT molecular complexity index is 1310. The van der Waals surface area contributed by atoms with E-state index >= 15 is 0 Å². The van der Waals surface area contributed by atoms with E-state index in [1.54, 1.807) is 0 Å². The van der Waals surface area contributed by atoms with Crippen LogP contribution in [-0.2, 0) is 12.8 Å². The monoisotopic (exact) mass is 469 g/mol. The molecule has 0 fully saturated rings. The van der Waals surface area contributed by atoms with Crippen molar-refractivity contribution in [2.75, 3.05) is 0 Å². The number of nitrogens with one attached hydrogen (secondary N) is 1. The van der Waals surface area contributed by atoms with Gasteiger partial charge in [0.1, 0.15) is 0 Å². The van der Waals surface area contributed by atoms with Gasteiger partial charge >= 0.3 is 0 Å². The third-order valence-electron chi connectivity index (χ3n) is 6.16. The van der Waals surface area contributed by atoms with Crippen LogP contribution in [0.1, 0.15) is 17.5 Å². The van der Waals surface area contributed by atoms with Gasteiger partial charge in [-0.15, -0.1) is 0 Å². The molecule has 0 bridgehead atoms. The van der Waals surface area contributed by atoms with Crippen molar-refractivity contribution >= 4 is 48.4 Å². The summed E-state index contributed by atoms with van der Waals surface area (Å²) in [6.45, 7) is 0. The van der Waals surface area contributed by atoms with Crippen molar-refractivity contribution in [1.29, 1.82) is 0 Å². The molecule has 0 aliphatic heterocycles. The Morgan fingerprint density at radius 2 is 1.58 bits per heavy atom. The fourth-order valence-electron chi connectivity index (χ4n) is 4.57. The van der Waals surface area contributed by atoms with Crippen LogP contribution < -0.4 is 11.3 Å². The van der Waals surface area contributed by atoms with Gasteiger partial charge in [-0.2, -0.15) is 0 Å². The van der Waals surface area contributed by atoms with Crippen molar-refractivity contribution in [3.8, 4) is 0 Å². The maximum atomic E-state index is 5.61. The fraction of sp³-hybridized carbons (Fsp3) is 0.148. The summed E-state index contributed by atoms with van der Waals surface area (Å²) in [5, 5.41) is 6.54. The van der Waals surface area contributed by atoms with Crippen LogP contribution in [0.4, 0.5) is 0 Å². The van der Waals surface area contributed by atoms with E-state index in [9.17, 15) is 0 Å². The number of aryl methyl sites for hydroxylation is 1. The number of rotatable bonds is 1. The van der Waals surface area contributed by atoms with Crippen molar-refractivity contribution in [2.24, 2.45) is 5.84 Å². The van der Waals surface area contributed by atoms with Gasteiger partial charge in [0, 0.05) is 22.1 Å². The third-order valence-corrected chi connectivity index (χ3v) is 6.81. The minimum atomic E-state index is 0.402. The Balaban J connectivity index is 0.000000171. The molecule has 3 N–H and O–H groups in total. The number of nitrogens with two attached hydrogens (primary N) is 1. The normalized spacial score (nSPS) is 15.5. The predicted octanol–water partition coefficient (Wildman–Crippen LogP) is 6.31. The summed E-state index contributed by atoms with van der Waals surface area (Å²) in [7, 11) is 0. The molecule has 0 saturated heterocycles. The van der Waals surface area contributed by atoms with E-state index in [4.69, 9.17) is 5.84 Å². The largest absolute Gasteiger partial charge is 0.271 e. The zero-order valence-electron chi connectivity index (χ0n) is 17.2. The van der Waals surface area contributed by atoms with Crippen molar-refractivity contribution in [3.05, 3.63) is 101 Å². The van der Waals surface area contributed by atoms with E-state index in [1.807, 2.05) is 30.5 Å². The average molecular weight is 470 g/mol. The number of pyridine rings is 1. The number of hydrogen-bond acceptors (Lipinski definition) is 3. The summed E-state index contributed by atoms with van der Waals surface area (Å²) >= 11 is 3.74. The van der Waals surface area contributed by atoms with Crippen LogP contribution >= 0.6 is 15.9 Å². The molecule has 0 amide bonds. The van der Waals surface area contributed by atoms with Gasteiger partial charge in [0.15, 0.2) is 0 Å². The first kappa shape index (κ1) is 20.1. The van der Waals surface area contributed by atoms with Gasteiger partial charge in [-0.3, -0.25) is 16.3 Å². The number of benzene rings is 4. The standard InChI is InChI=1S/C18H17BrN2.C9H7N/c19-18-10-17-13-8-6-12(21-20)9-11(13)5-7-15(17)14-3-1-2-4-16(14)18;1-2-6-9-8(4-1)5-3-7-10-9/h1-5,7,10,12,21H,6,8-9,20H2;1-7H. The predicted molar refractivity (Wildman–Crippen MR) is 134 cm³/mol. The molecule has 1 unspecified atom stereocenters. The fourth-order valence-corrected chi connectivity index (χ4v) is 5.15. The first-order chi connectivity index (χ1) is 15.2. The summed E-state index contributed by atoms with van der Waals surface area (Å²) in [4.78, 5) is 4.18. The number of nitrogens with zero attached hydrogens (tertiary/aromatic N) is 1. The van der Waals surface area contributed by atoms with Crippen LogP contribution in [0.2, 0.25) is 0 Å². The van der Waals surface area contributed by atoms with E-state index in [1.165, 1.54) is 42.5 Å². The summed E-state index contributed by atoms with van der Waals surface area (Å²) in [5.74, 6) is 5.61. The summed E-state index contributed by atoms with van der Waals surface area (Å²) in [6, 6.07) is 27.9. The minimum absolute atomic E-state index is 0.402. The van der Waals surface area contributed by atoms with Gasteiger partial charge in [0.25, 0.3) is 0 Å². The number of hydrogen-bond donors (Lipinski definition) is 2. The Morgan fingerprint density at radius 1 is 0.839 bits per heavy atom. The van der Waals surface area contributed by atoms with Crippen molar-refractivity contribution < 1.29 is 0 Å². The lowest BCUT2D eigenvalue weighted by atomic mass is 9.84. The molecule has 3 nitrogen and oxygen atoms in total. The second-order valence-electron chi connectivity index (χ2n) is 8.00. The van der Waals surface area contributed by atoms with Gasteiger partial charge in [0.2, 0.25) is 0 Å². The van der Waals surface area contributed by atoms with Gasteiger partial charge in [-0.1, -0.05) is 76.6 Å². The highest BCUT2D eigenvalue weighted by molar-refractivity contribution is 9.10. The first-order valence-electron chi connectivity index (χ1n) is 10.6. The molecule has 154 valence electrons. The molecule has 1 atom stereocenters. The Kier molecular flexibility index (Phi) is 5.68. The zero-order valence-corrected chi connectivity index (χ0v) is 18.8. The number of halogens is 1. The number of para-hydroxylation sites is 1. The smallest absolute Gasteiger partial charge is 0.0701 e. The van der Waals surface area contributed by atoms with Crippen LogP contribution in [0, 0.1) is 0 Å². The van der Waals surface area contributed by atoms with Crippen molar-refractivity contribution in [1.82, 2.24) is 10.4 Å². The van der Waals surface area contributed by atoms with Crippen molar-refractivity contribution in [2.45, 2.75) is 25.3 Å². The zero-order chi connectivity index (χ0) is 21.2. The Hall–Kier alpha value is -2.79. The number of fused-ring (bicyclic) bond motifs is 6. The maximum Gasteiger partial charge on any atom is 0.0701 e. The van der Waals surface area contributed by atoms with Crippen LogP contribution in [0.5, 0.6) is 0 Å². The lowest BCUT2D eigenvalue weighted by Gasteiger charge is -2.25. The van der Waals surface area contributed by atoms with E-state index in [0.717, 1.165) is 24.8 Å². The molecule has 4 heteroatoms. The molecular formula is C27H24BrN3. The number of hydrazine groups is 1. The Morgan fingerprint density at radius 3 is 2.42 bits per heavy atom. The Labute approximate surface area is 190 Å². The minimum Gasteiger partial charge on any atom is -0.271 e. The summed E-state index contributed by atoms with van der Waals surface area (Å²) in [6.07, 6.45) is 5.02. The molecule has 6 rings (SSSR count). The molecule has 1 heterocycles. The quantitative estimate of drug-likeness (QED) is 0.172. The maximum absolute atomic E-state index is 5.61. The molecule has 0 radical (unpaired) electrons. The molecule has 0 saturated carbocycles. The highest BCUT2D eigenvalue weighted by Gasteiger charge is 2.20. The second kappa shape index (κ2) is 8.75. The van der Waals surface area contributed by atoms with Crippen LogP contribution in [0.3, 0.4) is 0 Å². The van der Waals surface area contributed by atoms with Gasteiger partial charge in [-0.05, 0) is 70.1 Å². The highest BCUT2D eigenvalue weighted by Crippen LogP contribution is 2.36. The van der Waals surface area contributed by atoms with Gasteiger partial charge in [-0.25, -0.2) is 0 Å². The highest BCUT2D eigenvalue weighted by atomic mass is 79.9. The average Bonchev–Trinajstić information content (AvgIpc) is 2.84. The SMILES string of the molecule is NNC1CCc2c(ccc3c2cc(Br)c2ccccc23)C1.c1ccc2ncccc2c1. The van der Waals surface area contributed by atoms with Crippen LogP contribution in [0.15, 0.2) is 89.5 Å². The van der Waals surface area contributed by atoms with Gasteiger partial charge < -0.3 is 0 Å². The van der Waals surface area contributed by atoms with E-state index in [0.29, 0.717) is 6.04 Å². The first-order valence-corrected chi connectivity index (χ1v) is 11.4. The van der Waals surface area contributed by atoms with E-state index in [-0.39, 0.29) is 0 Å². The summed E-state index contributed by atoms with van der Waals surface area (Å²) in [5.41, 5.74) is 6.91.